The Bertz CT molecular complexity index is 908. The van der Waals surface area contributed by atoms with Crippen molar-refractivity contribution >= 4 is 51.5 Å². The van der Waals surface area contributed by atoms with Crippen molar-refractivity contribution in [2.45, 2.75) is 13.5 Å². The molecule has 26 heavy (non-hydrogen) atoms. The molecule has 0 radical (unpaired) electrons. The number of nitrogens with zero attached hydrogens (tertiary/aromatic N) is 2. The fourth-order valence-corrected chi connectivity index (χ4v) is 4.21. The lowest BCUT2D eigenvalue weighted by Gasteiger charge is -2.09. The monoisotopic (exact) mass is 478 g/mol. The number of carbonyl (C=O) groups is 1. The SMILES string of the molecule is CN=C1S/C(=C/c2ccc(OCc3cccc(C)c3)c(I)c2)C(=O)N1C. The molecule has 0 spiro atoms. The molecule has 1 heterocycles. The van der Waals surface area contributed by atoms with E-state index in [2.05, 4.69) is 52.7 Å². The number of thioether (sulfide) groups is 1. The van der Waals surface area contributed by atoms with Crippen molar-refractivity contribution in [2.24, 2.45) is 4.99 Å². The molecule has 1 fully saturated rings. The summed E-state index contributed by atoms with van der Waals surface area (Å²) in [6, 6.07) is 14.2. The molecule has 0 unspecified atom stereocenters. The Balaban J connectivity index is 1.74. The van der Waals surface area contributed by atoms with Crippen LogP contribution in [0.4, 0.5) is 0 Å². The van der Waals surface area contributed by atoms with Crippen LogP contribution in [0.3, 0.4) is 0 Å². The maximum absolute atomic E-state index is 12.2. The first-order chi connectivity index (χ1) is 12.5. The summed E-state index contributed by atoms with van der Waals surface area (Å²) in [5.41, 5.74) is 3.34. The Labute approximate surface area is 171 Å². The molecule has 0 N–H and O–H groups in total. The van der Waals surface area contributed by atoms with Crippen LogP contribution in [0.1, 0.15) is 16.7 Å². The maximum atomic E-state index is 12.2. The van der Waals surface area contributed by atoms with Gasteiger partial charge in [-0.15, -0.1) is 0 Å². The average molecular weight is 478 g/mol. The molecule has 134 valence electrons. The minimum absolute atomic E-state index is 0.0228. The van der Waals surface area contributed by atoms with Crippen LogP contribution < -0.4 is 4.74 Å². The van der Waals surface area contributed by atoms with Gasteiger partial charge in [0.2, 0.25) is 0 Å². The molecule has 0 atom stereocenters. The summed E-state index contributed by atoms with van der Waals surface area (Å²) in [5.74, 6) is 0.818. The average Bonchev–Trinajstić information content (AvgIpc) is 2.89. The second-order valence-corrected chi connectivity index (χ2v) is 8.12. The van der Waals surface area contributed by atoms with E-state index >= 15 is 0 Å². The van der Waals surface area contributed by atoms with Gasteiger partial charge in [-0.25, -0.2) is 0 Å². The molecule has 1 amide bonds. The summed E-state index contributed by atoms with van der Waals surface area (Å²) in [6.07, 6.45) is 1.90. The molecule has 3 rings (SSSR count). The van der Waals surface area contributed by atoms with E-state index in [-0.39, 0.29) is 5.91 Å². The van der Waals surface area contributed by atoms with E-state index in [0.29, 0.717) is 16.7 Å². The highest BCUT2D eigenvalue weighted by Gasteiger charge is 2.29. The summed E-state index contributed by atoms with van der Waals surface area (Å²) in [5, 5.41) is 0.717. The van der Waals surface area contributed by atoms with Gasteiger partial charge < -0.3 is 4.74 Å². The predicted octanol–water partition coefficient (Wildman–Crippen LogP) is 4.71. The van der Waals surface area contributed by atoms with Crippen molar-refractivity contribution in [2.75, 3.05) is 14.1 Å². The number of likely N-dealkylation sites (N-methyl/N-ethyl adjacent to an activating group) is 1. The van der Waals surface area contributed by atoms with Gasteiger partial charge >= 0.3 is 0 Å². The summed E-state index contributed by atoms with van der Waals surface area (Å²) >= 11 is 3.66. The van der Waals surface area contributed by atoms with Gasteiger partial charge in [0, 0.05) is 14.1 Å². The van der Waals surface area contributed by atoms with Gasteiger partial charge in [0.25, 0.3) is 5.91 Å². The molecule has 0 aliphatic carbocycles. The van der Waals surface area contributed by atoms with E-state index in [9.17, 15) is 4.79 Å². The number of aliphatic imine (C=N–C) groups is 1. The minimum atomic E-state index is -0.0228. The van der Waals surface area contributed by atoms with Gasteiger partial charge in [-0.3, -0.25) is 14.7 Å². The molecule has 1 aliphatic heterocycles. The Morgan fingerprint density at radius 3 is 2.73 bits per heavy atom. The highest BCUT2D eigenvalue weighted by atomic mass is 127. The highest BCUT2D eigenvalue weighted by Crippen LogP contribution is 2.32. The van der Waals surface area contributed by atoms with Crippen LogP contribution in [0.5, 0.6) is 5.75 Å². The molecule has 1 aliphatic rings. The molecule has 0 bridgehead atoms. The van der Waals surface area contributed by atoms with E-state index in [1.165, 1.54) is 17.3 Å². The third kappa shape index (κ3) is 4.29. The topological polar surface area (TPSA) is 41.9 Å². The van der Waals surface area contributed by atoms with Crippen LogP contribution in [0.15, 0.2) is 52.4 Å². The molecule has 2 aromatic carbocycles. The zero-order valence-corrected chi connectivity index (χ0v) is 17.8. The lowest BCUT2D eigenvalue weighted by molar-refractivity contribution is -0.121. The van der Waals surface area contributed by atoms with E-state index in [1.54, 1.807) is 19.0 Å². The Morgan fingerprint density at radius 1 is 1.27 bits per heavy atom. The fraction of sp³-hybridized carbons (Fsp3) is 0.200. The number of amidine groups is 1. The lowest BCUT2D eigenvalue weighted by Crippen LogP contribution is -2.23. The van der Waals surface area contributed by atoms with Crippen molar-refractivity contribution in [3.8, 4) is 5.75 Å². The Kier molecular flexibility index (Phi) is 6.03. The largest absolute Gasteiger partial charge is 0.488 e. The van der Waals surface area contributed by atoms with Crippen LogP contribution in [-0.2, 0) is 11.4 Å². The Hall–Kier alpha value is -1.80. The van der Waals surface area contributed by atoms with Gasteiger partial charge in [0.1, 0.15) is 12.4 Å². The number of aryl methyl sites for hydroxylation is 1. The number of halogens is 1. The van der Waals surface area contributed by atoms with Crippen LogP contribution in [0.2, 0.25) is 0 Å². The molecule has 2 aromatic rings. The number of carbonyl (C=O) groups excluding carboxylic acids is 1. The van der Waals surface area contributed by atoms with Gasteiger partial charge in [-0.1, -0.05) is 35.9 Å². The first kappa shape index (κ1) is 19.0. The molecular formula is C20H19IN2O2S. The highest BCUT2D eigenvalue weighted by molar-refractivity contribution is 14.1. The predicted molar refractivity (Wildman–Crippen MR) is 116 cm³/mol. The quantitative estimate of drug-likeness (QED) is 0.472. The number of benzene rings is 2. The number of hydrogen-bond donors (Lipinski definition) is 0. The van der Waals surface area contributed by atoms with Crippen LogP contribution in [-0.4, -0.2) is 30.1 Å². The van der Waals surface area contributed by atoms with E-state index in [0.717, 1.165) is 20.4 Å². The standard InChI is InChI=1S/C20H19IN2O2S/c1-13-5-4-6-15(9-13)12-25-17-8-7-14(10-16(17)21)11-18-19(24)23(3)20(22-2)26-18/h4-11H,12H2,1-3H3/b18-11+,22-20?. The molecule has 0 aromatic heterocycles. The van der Waals surface area contributed by atoms with Crippen LogP contribution in [0, 0.1) is 10.5 Å². The molecular weight excluding hydrogens is 459 g/mol. The minimum Gasteiger partial charge on any atom is -0.488 e. The fourth-order valence-electron chi connectivity index (χ4n) is 2.59. The van der Waals surface area contributed by atoms with Crippen molar-refractivity contribution in [3.63, 3.8) is 0 Å². The first-order valence-electron chi connectivity index (χ1n) is 8.10. The molecule has 1 saturated heterocycles. The molecule has 6 heteroatoms. The third-order valence-corrected chi connectivity index (χ3v) is 5.92. The number of hydrogen-bond acceptors (Lipinski definition) is 4. The normalized spacial score (nSPS) is 17.4. The first-order valence-corrected chi connectivity index (χ1v) is 9.99. The van der Waals surface area contributed by atoms with Crippen molar-refractivity contribution in [1.82, 2.24) is 4.90 Å². The second-order valence-electron chi connectivity index (χ2n) is 5.95. The number of rotatable bonds is 4. The summed E-state index contributed by atoms with van der Waals surface area (Å²) in [7, 11) is 3.43. The van der Waals surface area contributed by atoms with Gasteiger partial charge in [0.05, 0.1) is 8.48 Å². The van der Waals surface area contributed by atoms with Crippen molar-refractivity contribution in [3.05, 3.63) is 67.6 Å². The van der Waals surface area contributed by atoms with Gasteiger partial charge in [0.15, 0.2) is 5.17 Å². The number of ether oxygens (including phenoxy) is 1. The maximum Gasteiger partial charge on any atom is 0.266 e. The Morgan fingerprint density at radius 2 is 2.08 bits per heavy atom. The second kappa shape index (κ2) is 8.26. The summed E-state index contributed by atoms with van der Waals surface area (Å²) in [6.45, 7) is 2.61. The van der Waals surface area contributed by atoms with Crippen LogP contribution in [0.25, 0.3) is 6.08 Å². The van der Waals surface area contributed by atoms with E-state index < -0.39 is 0 Å². The van der Waals surface area contributed by atoms with Crippen molar-refractivity contribution in [1.29, 1.82) is 0 Å². The lowest BCUT2D eigenvalue weighted by atomic mass is 10.1. The number of amides is 1. The van der Waals surface area contributed by atoms with Crippen LogP contribution >= 0.6 is 34.4 Å². The van der Waals surface area contributed by atoms with E-state index in [1.807, 2.05) is 30.3 Å². The van der Waals surface area contributed by atoms with Crippen molar-refractivity contribution < 1.29 is 9.53 Å². The van der Waals surface area contributed by atoms with E-state index in [4.69, 9.17) is 4.74 Å². The smallest absolute Gasteiger partial charge is 0.266 e. The summed E-state index contributed by atoms with van der Waals surface area (Å²) < 4.78 is 6.96. The third-order valence-electron chi connectivity index (χ3n) is 3.93. The molecule has 0 saturated carbocycles. The zero-order valence-electron chi connectivity index (χ0n) is 14.8. The van der Waals surface area contributed by atoms with Gasteiger partial charge in [-0.2, -0.15) is 0 Å². The van der Waals surface area contributed by atoms with Gasteiger partial charge in [-0.05, 0) is 70.6 Å². The zero-order chi connectivity index (χ0) is 18.7. The molecule has 4 nitrogen and oxygen atoms in total. The summed E-state index contributed by atoms with van der Waals surface area (Å²) in [4.78, 5) is 18.6.